The predicted molar refractivity (Wildman–Crippen MR) is 111 cm³/mol. The Kier molecular flexibility index (Phi) is 5.97. The molecule has 0 bridgehead atoms. The monoisotopic (exact) mass is 406 g/mol. The van der Waals surface area contributed by atoms with E-state index in [-0.39, 0.29) is 23.2 Å². The first kappa shape index (κ1) is 19.9. The van der Waals surface area contributed by atoms with Gasteiger partial charge >= 0.3 is 0 Å². The first-order chi connectivity index (χ1) is 14.6. The van der Waals surface area contributed by atoms with Crippen LogP contribution in [-0.4, -0.2) is 20.9 Å². The minimum atomic E-state index is -0.404. The highest BCUT2D eigenvalue weighted by Crippen LogP contribution is 2.27. The molecule has 1 atom stereocenters. The molecule has 2 N–H and O–H groups in total. The van der Waals surface area contributed by atoms with Crippen molar-refractivity contribution in [3.63, 3.8) is 0 Å². The van der Waals surface area contributed by atoms with Gasteiger partial charge in [0.1, 0.15) is 11.6 Å². The van der Waals surface area contributed by atoms with E-state index in [2.05, 4.69) is 20.3 Å². The number of rotatable bonds is 6. The van der Waals surface area contributed by atoms with Crippen molar-refractivity contribution in [2.24, 2.45) is 5.92 Å². The number of hydrogen-bond donors (Lipinski definition) is 2. The van der Waals surface area contributed by atoms with Crippen molar-refractivity contribution in [2.45, 2.75) is 38.1 Å². The molecule has 3 aromatic rings. The summed E-state index contributed by atoms with van der Waals surface area (Å²) in [7, 11) is 0. The fourth-order valence-electron chi connectivity index (χ4n) is 3.89. The molecule has 1 aromatic carbocycles. The van der Waals surface area contributed by atoms with Crippen LogP contribution in [0.2, 0.25) is 0 Å². The number of amides is 1. The lowest BCUT2D eigenvalue weighted by Gasteiger charge is -2.21. The van der Waals surface area contributed by atoms with E-state index in [1.807, 2.05) is 0 Å². The molecular weight excluding hydrogens is 383 g/mol. The van der Waals surface area contributed by atoms with Gasteiger partial charge in [0, 0.05) is 36.4 Å². The van der Waals surface area contributed by atoms with Crippen molar-refractivity contribution in [1.82, 2.24) is 20.3 Å². The number of nitrogens with zero attached hydrogens (tertiary/aromatic N) is 2. The summed E-state index contributed by atoms with van der Waals surface area (Å²) in [6.45, 7) is 0. The zero-order valence-electron chi connectivity index (χ0n) is 16.5. The van der Waals surface area contributed by atoms with Gasteiger partial charge in [0.2, 0.25) is 5.91 Å². The minimum Gasteiger partial charge on any atom is -0.349 e. The summed E-state index contributed by atoms with van der Waals surface area (Å²) >= 11 is 0. The standard InChI is InChI=1S/C23H23FN4O2/c24-18-7-5-15(6-8-18)20(27-23(30)17-3-1-2-4-17)13-19-14-21(29)28-22(26-19)16-9-11-25-12-10-16/h5-12,14,17,20H,1-4,13H2,(H,27,30)(H,26,28,29). The first-order valence-corrected chi connectivity index (χ1v) is 10.1. The lowest BCUT2D eigenvalue weighted by atomic mass is 9.99. The van der Waals surface area contributed by atoms with Crippen LogP contribution in [0, 0.1) is 11.7 Å². The Morgan fingerprint density at radius 3 is 2.53 bits per heavy atom. The Labute approximate surface area is 173 Å². The average molecular weight is 406 g/mol. The normalized spacial score (nSPS) is 15.1. The van der Waals surface area contributed by atoms with E-state index >= 15 is 0 Å². The van der Waals surface area contributed by atoms with Gasteiger partial charge in [-0.25, -0.2) is 9.37 Å². The van der Waals surface area contributed by atoms with E-state index in [4.69, 9.17) is 0 Å². The third-order valence-electron chi connectivity index (χ3n) is 5.48. The second kappa shape index (κ2) is 8.98. The molecule has 7 heteroatoms. The average Bonchev–Trinajstić information content (AvgIpc) is 3.29. The molecule has 6 nitrogen and oxygen atoms in total. The zero-order valence-corrected chi connectivity index (χ0v) is 16.5. The van der Waals surface area contributed by atoms with Crippen molar-refractivity contribution >= 4 is 5.91 Å². The molecule has 154 valence electrons. The first-order valence-electron chi connectivity index (χ1n) is 10.1. The van der Waals surface area contributed by atoms with Crippen LogP contribution in [0.4, 0.5) is 4.39 Å². The number of nitrogens with one attached hydrogen (secondary N) is 2. The van der Waals surface area contributed by atoms with E-state index in [1.54, 1.807) is 36.7 Å². The van der Waals surface area contributed by atoms with Crippen molar-refractivity contribution in [3.05, 3.63) is 82.3 Å². The summed E-state index contributed by atoms with van der Waals surface area (Å²) in [4.78, 5) is 36.3. The fraction of sp³-hybridized carbons (Fsp3) is 0.304. The Morgan fingerprint density at radius 2 is 1.83 bits per heavy atom. The predicted octanol–water partition coefficient (Wildman–Crippen LogP) is 3.56. The molecule has 0 spiro atoms. The smallest absolute Gasteiger partial charge is 0.251 e. The molecule has 0 aliphatic heterocycles. The molecule has 0 radical (unpaired) electrons. The topological polar surface area (TPSA) is 87.7 Å². The van der Waals surface area contributed by atoms with Crippen LogP contribution in [0.3, 0.4) is 0 Å². The van der Waals surface area contributed by atoms with Crippen LogP contribution in [-0.2, 0) is 11.2 Å². The van der Waals surface area contributed by atoms with Crippen LogP contribution in [0.15, 0.2) is 59.7 Å². The molecule has 1 amide bonds. The third-order valence-corrected chi connectivity index (χ3v) is 5.48. The molecule has 2 heterocycles. The number of H-pyrrole nitrogens is 1. The summed E-state index contributed by atoms with van der Waals surface area (Å²) in [6.07, 6.45) is 7.48. The van der Waals surface area contributed by atoms with Gasteiger partial charge in [-0.05, 0) is 42.7 Å². The Balaban J connectivity index is 1.62. The van der Waals surface area contributed by atoms with Crippen LogP contribution >= 0.6 is 0 Å². The number of pyridine rings is 1. The van der Waals surface area contributed by atoms with Gasteiger partial charge in [-0.2, -0.15) is 0 Å². The highest BCUT2D eigenvalue weighted by atomic mass is 19.1. The van der Waals surface area contributed by atoms with E-state index in [0.717, 1.165) is 36.8 Å². The van der Waals surface area contributed by atoms with Gasteiger partial charge in [-0.3, -0.25) is 14.6 Å². The molecule has 1 unspecified atom stereocenters. The van der Waals surface area contributed by atoms with E-state index in [0.29, 0.717) is 17.9 Å². The van der Waals surface area contributed by atoms with E-state index in [9.17, 15) is 14.0 Å². The molecule has 30 heavy (non-hydrogen) atoms. The number of benzene rings is 1. The summed E-state index contributed by atoms with van der Waals surface area (Å²) in [6, 6.07) is 10.6. The number of carbonyl (C=O) groups excluding carboxylic acids is 1. The summed E-state index contributed by atoms with van der Waals surface area (Å²) in [5.74, 6) is 0.113. The van der Waals surface area contributed by atoms with Gasteiger partial charge in [-0.15, -0.1) is 0 Å². The minimum absolute atomic E-state index is 0.000947. The largest absolute Gasteiger partial charge is 0.349 e. The maximum atomic E-state index is 13.4. The molecule has 1 fully saturated rings. The van der Waals surface area contributed by atoms with Crippen LogP contribution in [0.25, 0.3) is 11.4 Å². The van der Waals surface area contributed by atoms with Gasteiger partial charge in [0.05, 0.1) is 11.7 Å². The number of aromatic amines is 1. The summed E-state index contributed by atoms with van der Waals surface area (Å²) in [5.41, 5.74) is 1.80. The summed E-state index contributed by atoms with van der Waals surface area (Å²) in [5, 5.41) is 3.10. The second-order valence-electron chi connectivity index (χ2n) is 7.62. The van der Waals surface area contributed by atoms with Gasteiger partial charge in [0.25, 0.3) is 5.56 Å². The molecule has 4 rings (SSSR count). The molecular formula is C23H23FN4O2. The van der Waals surface area contributed by atoms with E-state index < -0.39 is 6.04 Å². The highest BCUT2D eigenvalue weighted by molar-refractivity contribution is 5.79. The highest BCUT2D eigenvalue weighted by Gasteiger charge is 2.26. The second-order valence-corrected chi connectivity index (χ2v) is 7.62. The van der Waals surface area contributed by atoms with E-state index in [1.165, 1.54) is 18.2 Å². The van der Waals surface area contributed by atoms with Crippen LogP contribution in [0.5, 0.6) is 0 Å². The fourth-order valence-corrected chi connectivity index (χ4v) is 3.89. The van der Waals surface area contributed by atoms with Crippen LogP contribution in [0.1, 0.15) is 43.0 Å². The Morgan fingerprint density at radius 1 is 1.13 bits per heavy atom. The number of halogens is 1. The maximum Gasteiger partial charge on any atom is 0.251 e. The lowest BCUT2D eigenvalue weighted by Crippen LogP contribution is -2.34. The van der Waals surface area contributed by atoms with Gasteiger partial charge < -0.3 is 10.3 Å². The van der Waals surface area contributed by atoms with Gasteiger partial charge in [-0.1, -0.05) is 25.0 Å². The number of hydrogen-bond acceptors (Lipinski definition) is 4. The van der Waals surface area contributed by atoms with Gasteiger partial charge in [0.15, 0.2) is 0 Å². The van der Waals surface area contributed by atoms with Crippen molar-refractivity contribution < 1.29 is 9.18 Å². The van der Waals surface area contributed by atoms with Crippen molar-refractivity contribution in [2.75, 3.05) is 0 Å². The SMILES string of the molecule is O=C(NC(Cc1cc(=O)[nH]c(-c2ccncc2)n1)c1ccc(F)cc1)C1CCCC1. The molecule has 0 saturated heterocycles. The number of carbonyl (C=O) groups is 1. The Bertz CT molecular complexity index is 1060. The molecule has 1 saturated carbocycles. The third kappa shape index (κ3) is 4.79. The lowest BCUT2D eigenvalue weighted by molar-refractivity contribution is -0.125. The van der Waals surface area contributed by atoms with Crippen molar-refractivity contribution in [1.29, 1.82) is 0 Å². The Hall–Kier alpha value is -3.35. The molecule has 1 aliphatic rings. The van der Waals surface area contributed by atoms with Crippen LogP contribution < -0.4 is 10.9 Å². The number of aromatic nitrogens is 3. The zero-order chi connectivity index (χ0) is 20.9. The molecule has 1 aliphatic carbocycles. The summed E-state index contributed by atoms with van der Waals surface area (Å²) < 4.78 is 13.4. The quantitative estimate of drug-likeness (QED) is 0.655. The van der Waals surface area contributed by atoms with Crippen molar-refractivity contribution in [3.8, 4) is 11.4 Å². The maximum absolute atomic E-state index is 13.4. The molecule has 2 aromatic heterocycles.